The second-order valence-corrected chi connectivity index (χ2v) is 23.4. The molecule has 0 saturated carbocycles. The predicted molar refractivity (Wildman–Crippen MR) is 362 cm³/mol. The van der Waals surface area contributed by atoms with Crippen LogP contribution in [0.1, 0.15) is 342 Å². The molecule has 0 fully saturated rings. The van der Waals surface area contributed by atoms with Crippen LogP contribution in [0.25, 0.3) is 0 Å². The van der Waals surface area contributed by atoms with E-state index in [1.165, 1.54) is 180 Å². The molecule has 0 bridgehead atoms. The Labute approximate surface area is 514 Å². The van der Waals surface area contributed by atoms with Crippen LogP contribution in [0.5, 0.6) is 0 Å². The topological polar surface area (TPSA) is 78.9 Å². The van der Waals surface area contributed by atoms with Crippen LogP contribution in [0.2, 0.25) is 0 Å². The Kier molecular flexibility index (Phi) is 67.2. The van der Waals surface area contributed by atoms with Gasteiger partial charge in [-0.1, -0.05) is 329 Å². The van der Waals surface area contributed by atoms with Crippen molar-refractivity contribution in [2.75, 3.05) is 13.2 Å². The van der Waals surface area contributed by atoms with Gasteiger partial charge in [-0.2, -0.15) is 0 Å². The molecule has 83 heavy (non-hydrogen) atoms. The van der Waals surface area contributed by atoms with Crippen molar-refractivity contribution in [2.24, 2.45) is 0 Å². The van der Waals surface area contributed by atoms with Crippen LogP contribution in [0.15, 0.2) is 109 Å². The minimum absolute atomic E-state index is 0.0770. The summed E-state index contributed by atoms with van der Waals surface area (Å²) in [4.78, 5) is 38.5. The second kappa shape index (κ2) is 70.6. The van der Waals surface area contributed by atoms with Crippen LogP contribution in [0.4, 0.5) is 0 Å². The summed E-state index contributed by atoms with van der Waals surface area (Å²) in [6.07, 6.45) is 96.8. The van der Waals surface area contributed by atoms with Crippen LogP contribution in [0, 0.1) is 0 Å². The third-order valence-corrected chi connectivity index (χ3v) is 15.3. The van der Waals surface area contributed by atoms with E-state index in [1.807, 2.05) is 0 Å². The van der Waals surface area contributed by atoms with Gasteiger partial charge in [0, 0.05) is 19.3 Å². The van der Waals surface area contributed by atoms with E-state index in [9.17, 15) is 14.4 Å². The number of carbonyl (C=O) groups excluding carboxylic acids is 3. The van der Waals surface area contributed by atoms with E-state index in [1.54, 1.807) is 0 Å². The zero-order valence-electron chi connectivity index (χ0n) is 54.7. The molecule has 0 aliphatic heterocycles. The molecule has 0 rings (SSSR count). The highest BCUT2D eigenvalue weighted by Gasteiger charge is 2.19. The summed E-state index contributed by atoms with van der Waals surface area (Å²) in [5, 5.41) is 0. The van der Waals surface area contributed by atoms with Crippen LogP contribution >= 0.6 is 0 Å². The lowest BCUT2D eigenvalue weighted by molar-refractivity contribution is -0.167. The van der Waals surface area contributed by atoms with Crippen molar-refractivity contribution >= 4 is 17.9 Å². The van der Waals surface area contributed by atoms with Gasteiger partial charge in [-0.05, 0) is 103 Å². The maximum atomic E-state index is 13.0. The average Bonchev–Trinajstić information content (AvgIpc) is 3.49. The molecule has 0 heterocycles. The molecule has 0 aromatic carbocycles. The van der Waals surface area contributed by atoms with Gasteiger partial charge in [0.15, 0.2) is 6.10 Å². The zero-order chi connectivity index (χ0) is 59.9. The van der Waals surface area contributed by atoms with E-state index in [4.69, 9.17) is 14.2 Å². The number of unbranched alkanes of at least 4 members (excludes halogenated alkanes) is 35. The quantitative estimate of drug-likeness (QED) is 0.0261. The molecule has 0 amide bonds. The Morgan fingerprint density at radius 2 is 0.470 bits per heavy atom. The summed E-state index contributed by atoms with van der Waals surface area (Å²) in [5.41, 5.74) is 0. The Morgan fingerprint density at radius 1 is 0.253 bits per heavy atom. The van der Waals surface area contributed by atoms with Crippen LogP contribution in [-0.2, 0) is 28.6 Å². The number of allylic oxidation sites excluding steroid dienone is 18. The molecule has 0 aromatic heterocycles. The third kappa shape index (κ3) is 68.7. The monoisotopic (exact) mass is 1150 g/mol. The largest absolute Gasteiger partial charge is 0.462 e. The van der Waals surface area contributed by atoms with Gasteiger partial charge in [0.05, 0.1) is 0 Å². The fraction of sp³-hybridized carbons (Fsp3) is 0.727. The van der Waals surface area contributed by atoms with Crippen molar-refractivity contribution in [3.8, 4) is 0 Å². The highest BCUT2D eigenvalue weighted by atomic mass is 16.6. The molecule has 0 N–H and O–H groups in total. The molecular formula is C77H132O6. The molecule has 0 saturated heterocycles. The lowest BCUT2D eigenvalue weighted by atomic mass is 10.0. The Morgan fingerprint density at radius 3 is 0.735 bits per heavy atom. The maximum Gasteiger partial charge on any atom is 0.306 e. The van der Waals surface area contributed by atoms with Crippen molar-refractivity contribution in [1.82, 2.24) is 0 Å². The Hall–Kier alpha value is -3.93. The molecular weight excluding hydrogens is 1020 g/mol. The summed E-state index contributed by atoms with van der Waals surface area (Å²) in [7, 11) is 0. The molecule has 0 radical (unpaired) electrons. The standard InChI is InChI=1S/C77H132O6/c1-4-7-10-13-16-19-22-25-27-29-31-33-35-37-38-40-41-43-45-47-49-52-55-58-61-64-67-70-76(79)82-73-74(72-81-75(78)69-66-63-60-57-54-51-24-21-18-15-12-9-6-3)83-77(80)71-68-65-62-59-56-53-50-48-46-44-42-39-36-34-32-30-28-26-23-20-17-14-11-8-5-2/h7-8,10-11,16-17,19-20,25-28,31-34,39,42,74H,4-6,9,12-15,18,21-24,29-30,35-38,40-41,43-73H2,1-3H3/b10-7-,11-8-,19-16-,20-17-,27-25-,28-26-,33-31-,34-32-,42-39-. The normalized spacial score (nSPS) is 12.8. The van der Waals surface area contributed by atoms with Crippen molar-refractivity contribution < 1.29 is 28.6 Å². The molecule has 0 aromatic rings. The number of ether oxygens (including phenoxy) is 3. The first kappa shape index (κ1) is 79.1. The first-order valence-electron chi connectivity index (χ1n) is 35.4. The Bertz CT molecular complexity index is 1660. The highest BCUT2D eigenvalue weighted by molar-refractivity contribution is 5.71. The van der Waals surface area contributed by atoms with Gasteiger partial charge >= 0.3 is 17.9 Å². The third-order valence-electron chi connectivity index (χ3n) is 15.3. The van der Waals surface area contributed by atoms with E-state index in [2.05, 4.69) is 130 Å². The van der Waals surface area contributed by atoms with Crippen LogP contribution in [0.3, 0.4) is 0 Å². The predicted octanol–water partition coefficient (Wildman–Crippen LogP) is 24.6. The van der Waals surface area contributed by atoms with Gasteiger partial charge in [-0.25, -0.2) is 0 Å². The summed E-state index contributed by atoms with van der Waals surface area (Å²) in [6, 6.07) is 0. The molecule has 1 atom stereocenters. The maximum absolute atomic E-state index is 13.0. The lowest BCUT2D eigenvalue weighted by Gasteiger charge is -2.18. The molecule has 0 aliphatic carbocycles. The van der Waals surface area contributed by atoms with Gasteiger partial charge in [0.25, 0.3) is 0 Å². The van der Waals surface area contributed by atoms with Gasteiger partial charge in [0.1, 0.15) is 13.2 Å². The summed E-state index contributed by atoms with van der Waals surface area (Å²) in [6.45, 7) is 6.45. The number of hydrogen-bond acceptors (Lipinski definition) is 6. The van der Waals surface area contributed by atoms with Gasteiger partial charge in [-0.15, -0.1) is 0 Å². The van der Waals surface area contributed by atoms with Gasteiger partial charge < -0.3 is 14.2 Å². The fourth-order valence-electron chi connectivity index (χ4n) is 10.1. The van der Waals surface area contributed by atoms with Crippen molar-refractivity contribution in [2.45, 2.75) is 348 Å². The molecule has 0 aliphatic rings. The number of rotatable bonds is 64. The van der Waals surface area contributed by atoms with Crippen molar-refractivity contribution in [1.29, 1.82) is 0 Å². The number of esters is 3. The fourth-order valence-corrected chi connectivity index (χ4v) is 10.1. The van der Waals surface area contributed by atoms with E-state index in [0.29, 0.717) is 19.3 Å². The van der Waals surface area contributed by atoms with Crippen molar-refractivity contribution in [3.05, 3.63) is 109 Å². The molecule has 0 spiro atoms. The average molecular weight is 1150 g/mol. The summed E-state index contributed by atoms with van der Waals surface area (Å²) >= 11 is 0. The minimum Gasteiger partial charge on any atom is -0.462 e. The van der Waals surface area contributed by atoms with Gasteiger partial charge in [0.2, 0.25) is 0 Å². The molecule has 6 heteroatoms. The first-order valence-corrected chi connectivity index (χ1v) is 35.4. The van der Waals surface area contributed by atoms with E-state index >= 15 is 0 Å². The number of carbonyl (C=O) groups is 3. The van der Waals surface area contributed by atoms with E-state index in [-0.39, 0.29) is 31.1 Å². The minimum atomic E-state index is -0.782. The smallest absolute Gasteiger partial charge is 0.306 e. The van der Waals surface area contributed by atoms with E-state index < -0.39 is 6.10 Å². The summed E-state index contributed by atoms with van der Waals surface area (Å²) in [5.74, 6) is -0.868. The van der Waals surface area contributed by atoms with E-state index in [0.717, 1.165) is 122 Å². The zero-order valence-corrected chi connectivity index (χ0v) is 54.7. The summed E-state index contributed by atoms with van der Waals surface area (Å²) < 4.78 is 17.0. The Balaban J connectivity index is 4.29. The van der Waals surface area contributed by atoms with Crippen LogP contribution in [-0.4, -0.2) is 37.2 Å². The SMILES string of the molecule is CC/C=C\C/C=C\C/C=C\C/C=C\C/C=C\CCCCCCCCCCCC(=O)OC(COC(=O)CCCCCCCCCCCCCCC)COC(=O)CCCCCCCCCCCCCCCC/C=C\C/C=C\C/C=C\C/C=C\CC. The highest BCUT2D eigenvalue weighted by Crippen LogP contribution is 2.17. The second-order valence-electron chi connectivity index (χ2n) is 23.4. The van der Waals surface area contributed by atoms with Crippen molar-refractivity contribution in [3.63, 3.8) is 0 Å². The first-order chi connectivity index (χ1) is 41.0. The van der Waals surface area contributed by atoms with Crippen LogP contribution < -0.4 is 0 Å². The van der Waals surface area contributed by atoms with Gasteiger partial charge in [-0.3, -0.25) is 14.4 Å². The molecule has 1 unspecified atom stereocenters. The number of hydrogen-bond donors (Lipinski definition) is 0. The molecule has 6 nitrogen and oxygen atoms in total. The lowest BCUT2D eigenvalue weighted by Crippen LogP contribution is -2.30. The molecule has 476 valence electrons.